The van der Waals surface area contributed by atoms with Gasteiger partial charge in [0.15, 0.2) is 17.3 Å². The van der Waals surface area contributed by atoms with Crippen molar-refractivity contribution in [1.29, 1.82) is 0 Å². The van der Waals surface area contributed by atoms with E-state index < -0.39 is 0 Å². The predicted octanol–water partition coefficient (Wildman–Crippen LogP) is 2.79. The Hall–Kier alpha value is -1.85. The van der Waals surface area contributed by atoms with Crippen LogP contribution in [0.1, 0.15) is 15.2 Å². The molecule has 2 aromatic rings. The Morgan fingerprint density at radius 2 is 2.15 bits per heavy atom. The summed E-state index contributed by atoms with van der Waals surface area (Å²) in [6.45, 7) is 1.40. The normalized spacial score (nSPS) is 12.9. The SMILES string of the molecule is CN(CC(=O)c1ccc2c(c1)OCO2)Cc1cccs1. The number of ketones is 1. The third kappa shape index (κ3) is 2.84. The first-order valence-electron chi connectivity index (χ1n) is 6.36. The molecule has 5 heteroatoms. The zero-order valence-corrected chi connectivity index (χ0v) is 12.0. The molecule has 0 N–H and O–H groups in total. The molecule has 0 atom stereocenters. The molecule has 0 fully saturated rings. The first kappa shape index (κ1) is 13.1. The molecule has 1 aromatic carbocycles. The van der Waals surface area contributed by atoms with Gasteiger partial charge in [-0.15, -0.1) is 11.3 Å². The molecule has 104 valence electrons. The molecule has 0 aliphatic carbocycles. The van der Waals surface area contributed by atoms with Crippen molar-refractivity contribution in [1.82, 2.24) is 4.90 Å². The van der Waals surface area contributed by atoms with Gasteiger partial charge in [0.25, 0.3) is 0 Å². The molecule has 0 bridgehead atoms. The number of carbonyl (C=O) groups is 1. The molecule has 1 aromatic heterocycles. The van der Waals surface area contributed by atoms with Gasteiger partial charge in [-0.05, 0) is 36.7 Å². The van der Waals surface area contributed by atoms with E-state index in [1.807, 2.05) is 23.4 Å². The smallest absolute Gasteiger partial charge is 0.231 e. The van der Waals surface area contributed by atoms with Crippen LogP contribution in [0.25, 0.3) is 0 Å². The first-order valence-corrected chi connectivity index (χ1v) is 7.24. The van der Waals surface area contributed by atoms with E-state index in [0.29, 0.717) is 23.6 Å². The van der Waals surface area contributed by atoms with Gasteiger partial charge in [0.05, 0.1) is 6.54 Å². The molecule has 1 aliphatic rings. The number of thiophene rings is 1. The zero-order valence-electron chi connectivity index (χ0n) is 11.2. The van der Waals surface area contributed by atoms with E-state index in [9.17, 15) is 4.79 Å². The average molecular weight is 289 g/mol. The molecular weight excluding hydrogens is 274 g/mol. The number of likely N-dealkylation sites (N-methyl/N-ethyl adjacent to an activating group) is 1. The lowest BCUT2D eigenvalue weighted by Gasteiger charge is -2.14. The third-order valence-corrected chi connectivity index (χ3v) is 3.98. The largest absolute Gasteiger partial charge is 0.454 e. The molecule has 0 saturated carbocycles. The molecule has 0 amide bonds. The summed E-state index contributed by atoms with van der Waals surface area (Å²) in [6.07, 6.45) is 0. The fraction of sp³-hybridized carbons (Fsp3) is 0.267. The van der Waals surface area contributed by atoms with Gasteiger partial charge in [-0.1, -0.05) is 6.07 Å². The zero-order chi connectivity index (χ0) is 13.9. The van der Waals surface area contributed by atoms with Gasteiger partial charge in [0, 0.05) is 17.0 Å². The lowest BCUT2D eigenvalue weighted by Crippen LogP contribution is -2.25. The second kappa shape index (κ2) is 5.64. The number of nitrogens with zero attached hydrogens (tertiary/aromatic N) is 1. The quantitative estimate of drug-likeness (QED) is 0.793. The molecule has 0 saturated heterocycles. The minimum Gasteiger partial charge on any atom is -0.454 e. The standard InChI is InChI=1S/C15H15NO3S/c1-16(8-12-3-2-6-20-12)9-13(17)11-4-5-14-15(7-11)19-10-18-14/h2-7H,8-10H2,1H3. The average Bonchev–Trinajstić information content (AvgIpc) is 3.07. The second-order valence-electron chi connectivity index (χ2n) is 4.74. The summed E-state index contributed by atoms with van der Waals surface area (Å²) in [6, 6.07) is 9.42. The van der Waals surface area contributed by atoms with Gasteiger partial charge in [0.1, 0.15) is 0 Å². The van der Waals surface area contributed by atoms with E-state index in [0.717, 1.165) is 6.54 Å². The van der Waals surface area contributed by atoms with Gasteiger partial charge < -0.3 is 9.47 Å². The maximum Gasteiger partial charge on any atom is 0.231 e. The van der Waals surface area contributed by atoms with Crippen LogP contribution in [-0.2, 0) is 6.54 Å². The van der Waals surface area contributed by atoms with Crippen LogP contribution in [0.2, 0.25) is 0 Å². The highest BCUT2D eigenvalue weighted by molar-refractivity contribution is 7.09. The van der Waals surface area contributed by atoms with Crippen LogP contribution in [0.4, 0.5) is 0 Å². The van der Waals surface area contributed by atoms with Crippen molar-refractivity contribution in [2.45, 2.75) is 6.54 Å². The lowest BCUT2D eigenvalue weighted by atomic mass is 10.1. The number of ether oxygens (including phenoxy) is 2. The number of hydrogen-bond donors (Lipinski definition) is 0. The fourth-order valence-electron chi connectivity index (χ4n) is 2.13. The molecule has 0 radical (unpaired) electrons. The summed E-state index contributed by atoms with van der Waals surface area (Å²) in [4.78, 5) is 15.5. The number of Topliss-reactive ketones (excluding diaryl/α,β-unsaturated/α-hetero) is 1. The Morgan fingerprint density at radius 1 is 1.30 bits per heavy atom. The summed E-state index contributed by atoms with van der Waals surface area (Å²) >= 11 is 1.70. The maximum atomic E-state index is 12.2. The lowest BCUT2D eigenvalue weighted by molar-refractivity contribution is 0.0943. The van der Waals surface area contributed by atoms with Gasteiger partial charge in [-0.25, -0.2) is 0 Å². The van der Waals surface area contributed by atoms with Crippen LogP contribution >= 0.6 is 11.3 Å². The van der Waals surface area contributed by atoms with Crippen molar-refractivity contribution in [3.8, 4) is 11.5 Å². The van der Waals surface area contributed by atoms with Gasteiger partial charge in [0.2, 0.25) is 6.79 Å². The number of hydrogen-bond acceptors (Lipinski definition) is 5. The highest BCUT2D eigenvalue weighted by atomic mass is 32.1. The van der Waals surface area contributed by atoms with E-state index in [4.69, 9.17) is 9.47 Å². The number of carbonyl (C=O) groups excluding carboxylic acids is 1. The third-order valence-electron chi connectivity index (χ3n) is 3.11. The minimum atomic E-state index is 0.0855. The van der Waals surface area contributed by atoms with Crippen LogP contribution < -0.4 is 9.47 Å². The Bertz CT molecular complexity index is 610. The topological polar surface area (TPSA) is 38.8 Å². The van der Waals surface area contributed by atoms with E-state index in [1.54, 1.807) is 29.5 Å². The van der Waals surface area contributed by atoms with Crippen molar-refractivity contribution < 1.29 is 14.3 Å². The maximum absolute atomic E-state index is 12.2. The highest BCUT2D eigenvalue weighted by Gasteiger charge is 2.17. The molecule has 2 heterocycles. The van der Waals surface area contributed by atoms with Crippen LogP contribution in [0, 0.1) is 0 Å². The molecule has 0 spiro atoms. The number of rotatable bonds is 5. The van der Waals surface area contributed by atoms with E-state index in [1.165, 1.54) is 4.88 Å². The molecule has 3 rings (SSSR count). The highest BCUT2D eigenvalue weighted by Crippen LogP contribution is 2.32. The van der Waals surface area contributed by atoms with Crippen molar-refractivity contribution in [3.63, 3.8) is 0 Å². The Balaban J connectivity index is 1.64. The van der Waals surface area contributed by atoms with Crippen molar-refractivity contribution >= 4 is 17.1 Å². The second-order valence-corrected chi connectivity index (χ2v) is 5.78. The van der Waals surface area contributed by atoms with Crippen LogP contribution in [0.5, 0.6) is 11.5 Å². The summed E-state index contributed by atoms with van der Waals surface area (Å²) in [5.41, 5.74) is 0.660. The van der Waals surface area contributed by atoms with E-state index in [-0.39, 0.29) is 12.6 Å². The van der Waals surface area contributed by atoms with E-state index >= 15 is 0 Å². The summed E-state index contributed by atoms with van der Waals surface area (Å²) in [5, 5.41) is 2.04. The predicted molar refractivity (Wildman–Crippen MR) is 77.5 cm³/mol. The first-order chi connectivity index (χ1) is 9.72. The van der Waals surface area contributed by atoms with Crippen molar-refractivity contribution in [2.75, 3.05) is 20.4 Å². The Kier molecular flexibility index (Phi) is 3.71. The molecule has 0 unspecified atom stereocenters. The fourth-order valence-corrected chi connectivity index (χ4v) is 2.91. The molecular formula is C15H15NO3S. The molecule has 20 heavy (non-hydrogen) atoms. The summed E-state index contributed by atoms with van der Waals surface area (Å²) < 4.78 is 10.5. The molecule has 1 aliphatic heterocycles. The van der Waals surface area contributed by atoms with Crippen LogP contribution in [0.15, 0.2) is 35.7 Å². The van der Waals surface area contributed by atoms with E-state index in [2.05, 4.69) is 6.07 Å². The van der Waals surface area contributed by atoms with Gasteiger partial charge in [-0.2, -0.15) is 0 Å². The number of fused-ring (bicyclic) bond motifs is 1. The van der Waals surface area contributed by atoms with Crippen LogP contribution in [0.3, 0.4) is 0 Å². The summed E-state index contributed by atoms with van der Waals surface area (Å²) in [5.74, 6) is 1.44. The molecule has 4 nitrogen and oxygen atoms in total. The van der Waals surface area contributed by atoms with Crippen molar-refractivity contribution in [3.05, 3.63) is 46.2 Å². The van der Waals surface area contributed by atoms with Crippen LogP contribution in [-0.4, -0.2) is 31.1 Å². The Labute approximate surface area is 121 Å². The van der Waals surface area contributed by atoms with Gasteiger partial charge >= 0.3 is 0 Å². The minimum absolute atomic E-state index is 0.0855. The monoisotopic (exact) mass is 289 g/mol. The summed E-state index contributed by atoms with van der Waals surface area (Å²) in [7, 11) is 1.95. The Morgan fingerprint density at radius 3 is 2.95 bits per heavy atom. The number of benzene rings is 1. The van der Waals surface area contributed by atoms with Gasteiger partial charge in [-0.3, -0.25) is 9.69 Å². The van der Waals surface area contributed by atoms with Crippen molar-refractivity contribution in [2.24, 2.45) is 0 Å².